The van der Waals surface area contributed by atoms with Crippen molar-refractivity contribution in [1.29, 1.82) is 0 Å². The van der Waals surface area contributed by atoms with Gasteiger partial charge in [-0.05, 0) is 56.2 Å². The van der Waals surface area contributed by atoms with Crippen LogP contribution in [0.3, 0.4) is 0 Å². The van der Waals surface area contributed by atoms with Crippen LogP contribution in [0.25, 0.3) is 10.2 Å². The van der Waals surface area contributed by atoms with Crippen LogP contribution in [-0.4, -0.2) is 35.9 Å². The number of ether oxygens (including phenoxy) is 1. The number of nitrogens with zero attached hydrogens (tertiary/aromatic N) is 1. The Morgan fingerprint density at radius 2 is 1.93 bits per heavy atom. The molecule has 2 aliphatic carbocycles. The van der Waals surface area contributed by atoms with Crippen LogP contribution in [0.1, 0.15) is 44.9 Å². The summed E-state index contributed by atoms with van der Waals surface area (Å²) in [4.78, 5) is 17.4. The summed E-state index contributed by atoms with van der Waals surface area (Å²) in [6, 6.07) is 3.94. The number of halogens is 3. The van der Waals surface area contributed by atoms with E-state index in [4.69, 9.17) is 5.73 Å². The van der Waals surface area contributed by atoms with E-state index in [9.17, 15) is 18.0 Å². The van der Waals surface area contributed by atoms with Crippen molar-refractivity contribution in [3.05, 3.63) is 18.2 Å². The van der Waals surface area contributed by atoms with Crippen LogP contribution < -0.4 is 21.1 Å². The van der Waals surface area contributed by atoms with Crippen molar-refractivity contribution < 1.29 is 22.7 Å². The van der Waals surface area contributed by atoms with Crippen LogP contribution in [0.5, 0.6) is 5.75 Å². The first-order valence-corrected chi connectivity index (χ1v) is 11.0. The van der Waals surface area contributed by atoms with Crippen molar-refractivity contribution in [1.82, 2.24) is 10.3 Å². The number of aromatic nitrogens is 1. The van der Waals surface area contributed by atoms with E-state index in [2.05, 4.69) is 20.4 Å². The third-order valence-electron chi connectivity index (χ3n) is 6.35. The highest BCUT2D eigenvalue weighted by Gasteiger charge is 2.46. The fourth-order valence-corrected chi connectivity index (χ4v) is 5.21. The number of anilines is 1. The zero-order chi connectivity index (χ0) is 21.4. The van der Waals surface area contributed by atoms with Crippen LogP contribution in [0.15, 0.2) is 18.2 Å². The first kappa shape index (κ1) is 21.3. The fourth-order valence-electron chi connectivity index (χ4n) is 4.32. The van der Waals surface area contributed by atoms with Gasteiger partial charge in [0.25, 0.3) is 0 Å². The predicted octanol–water partition coefficient (Wildman–Crippen LogP) is 4.16. The Morgan fingerprint density at radius 3 is 2.53 bits per heavy atom. The molecule has 1 heterocycles. The Labute approximate surface area is 176 Å². The molecule has 0 unspecified atom stereocenters. The molecule has 10 heteroatoms. The first-order valence-electron chi connectivity index (χ1n) is 10.2. The third-order valence-corrected chi connectivity index (χ3v) is 7.29. The highest BCUT2D eigenvalue weighted by Crippen LogP contribution is 2.40. The van der Waals surface area contributed by atoms with Crippen molar-refractivity contribution in [2.45, 2.75) is 56.8 Å². The summed E-state index contributed by atoms with van der Waals surface area (Å²) < 4.78 is 41.7. The van der Waals surface area contributed by atoms with Crippen molar-refractivity contribution >= 4 is 32.6 Å². The van der Waals surface area contributed by atoms with Gasteiger partial charge in [-0.25, -0.2) is 4.98 Å². The number of benzene rings is 1. The van der Waals surface area contributed by atoms with E-state index in [1.54, 1.807) is 0 Å². The Morgan fingerprint density at radius 1 is 1.20 bits per heavy atom. The fraction of sp³-hybridized carbons (Fsp3) is 0.600. The second-order valence-electron chi connectivity index (χ2n) is 8.35. The molecule has 2 aromatic rings. The van der Waals surface area contributed by atoms with Crippen molar-refractivity contribution in [2.75, 3.05) is 18.4 Å². The molecule has 4 N–H and O–H groups in total. The monoisotopic (exact) mass is 442 g/mol. The van der Waals surface area contributed by atoms with Crippen LogP contribution >= 0.6 is 11.3 Å². The topological polar surface area (TPSA) is 89.3 Å². The van der Waals surface area contributed by atoms with E-state index < -0.39 is 11.9 Å². The van der Waals surface area contributed by atoms with Gasteiger partial charge in [0.15, 0.2) is 5.13 Å². The molecule has 2 saturated carbocycles. The number of carbonyl (C=O) groups is 1. The van der Waals surface area contributed by atoms with E-state index in [0.29, 0.717) is 21.9 Å². The summed E-state index contributed by atoms with van der Waals surface area (Å²) in [6.07, 6.45) is 2.20. The minimum absolute atomic E-state index is 0.0631. The molecule has 0 radical (unpaired) electrons. The Kier molecular flexibility index (Phi) is 5.67. The summed E-state index contributed by atoms with van der Waals surface area (Å²) in [5, 5.41) is 6.72. The molecule has 0 aliphatic heterocycles. The molecule has 4 rings (SSSR count). The minimum atomic E-state index is -4.75. The lowest BCUT2D eigenvalue weighted by Gasteiger charge is -2.43. The van der Waals surface area contributed by atoms with E-state index in [-0.39, 0.29) is 17.1 Å². The van der Waals surface area contributed by atoms with Crippen molar-refractivity contribution in [3.8, 4) is 5.75 Å². The Balaban J connectivity index is 1.44. The molecule has 0 atom stereocenters. The Hall–Kier alpha value is -1.91. The number of hydrogen-bond donors (Lipinski definition) is 3. The third kappa shape index (κ3) is 4.40. The molecule has 1 amide bonds. The zero-order valence-electron chi connectivity index (χ0n) is 16.5. The van der Waals surface area contributed by atoms with Crippen molar-refractivity contribution in [3.63, 3.8) is 0 Å². The zero-order valence-corrected chi connectivity index (χ0v) is 17.3. The van der Waals surface area contributed by atoms with Crippen LogP contribution in [0.2, 0.25) is 0 Å². The maximum atomic E-state index is 13.0. The minimum Gasteiger partial charge on any atom is -0.406 e. The molecule has 6 nitrogen and oxygen atoms in total. The van der Waals surface area contributed by atoms with E-state index >= 15 is 0 Å². The van der Waals surface area contributed by atoms with Gasteiger partial charge in [0.2, 0.25) is 5.91 Å². The molecule has 2 fully saturated rings. The normalized spacial score (nSPS) is 20.1. The first-order chi connectivity index (χ1) is 14.2. The number of fused-ring (bicyclic) bond motifs is 1. The van der Waals surface area contributed by atoms with E-state index in [1.807, 2.05) is 0 Å². The number of alkyl halides is 3. The summed E-state index contributed by atoms with van der Waals surface area (Å²) in [7, 11) is 0. The average molecular weight is 443 g/mol. The second kappa shape index (κ2) is 7.97. The lowest BCUT2D eigenvalue weighted by atomic mass is 9.74. The molecule has 0 bridgehead atoms. The van der Waals surface area contributed by atoms with Crippen molar-refractivity contribution in [2.24, 2.45) is 11.1 Å². The number of amides is 1. The SMILES string of the molecule is NCC1(CNC2(C(=O)Nc3nc4ccc(OC(F)(F)F)cc4s3)CCC2)CCCC1. The molecule has 2 aliphatic rings. The predicted molar refractivity (Wildman–Crippen MR) is 109 cm³/mol. The van der Waals surface area contributed by atoms with Gasteiger partial charge in [0, 0.05) is 12.6 Å². The highest BCUT2D eigenvalue weighted by molar-refractivity contribution is 7.22. The smallest absolute Gasteiger partial charge is 0.406 e. The number of nitrogens with one attached hydrogen (secondary N) is 2. The van der Waals surface area contributed by atoms with Gasteiger partial charge >= 0.3 is 6.36 Å². The summed E-state index contributed by atoms with van der Waals surface area (Å²) in [5.74, 6) is -0.456. The molecule has 164 valence electrons. The largest absolute Gasteiger partial charge is 0.573 e. The molecule has 30 heavy (non-hydrogen) atoms. The summed E-state index contributed by atoms with van der Waals surface area (Å²) >= 11 is 1.13. The average Bonchev–Trinajstić information content (AvgIpc) is 3.26. The van der Waals surface area contributed by atoms with E-state index in [0.717, 1.165) is 50.0 Å². The van der Waals surface area contributed by atoms with Gasteiger partial charge in [-0.3, -0.25) is 4.79 Å². The summed E-state index contributed by atoms with van der Waals surface area (Å²) in [6.45, 7) is 1.33. The summed E-state index contributed by atoms with van der Waals surface area (Å²) in [5.41, 5.74) is 5.96. The van der Waals surface area contributed by atoms with Crippen LogP contribution in [0, 0.1) is 5.41 Å². The standard InChI is InChI=1S/C20H25F3N4O2S/c21-20(22,23)29-13-4-5-14-15(10-13)30-17(26-14)27-16(28)19(8-3-9-19)25-12-18(11-24)6-1-2-7-18/h4-5,10,25H,1-3,6-9,11-12,24H2,(H,26,27,28). The van der Waals surface area contributed by atoms with E-state index in [1.165, 1.54) is 31.0 Å². The van der Waals surface area contributed by atoms with Gasteiger partial charge in [0.1, 0.15) is 5.75 Å². The lowest BCUT2D eigenvalue weighted by Crippen LogP contribution is -2.61. The lowest BCUT2D eigenvalue weighted by molar-refractivity contribution is -0.274. The number of rotatable bonds is 7. The molecule has 1 aromatic carbocycles. The number of thiazole rings is 1. The van der Waals surface area contributed by atoms with Gasteiger partial charge in [-0.15, -0.1) is 13.2 Å². The van der Waals surface area contributed by atoms with Crippen LogP contribution in [-0.2, 0) is 4.79 Å². The molecule has 0 saturated heterocycles. The number of carbonyl (C=O) groups excluding carboxylic acids is 1. The van der Waals surface area contributed by atoms with Gasteiger partial charge in [0.05, 0.1) is 15.8 Å². The van der Waals surface area contributed by atoms with Gasteiger partial charge in [-0.2, -0.15) is 0 Å². The Bertz CT molecular complexity index is 920. The molecular formula is C20H25F3N4O2S. The molecular weight excluding hydrogens is 417 g/mol. The quantitative estimate of drug-likeness (QED) is 0.599. The second-order valence-corrected chi connectivity index (χ2v) is 9.38. The van der Waals surface area contributed by atoms with Crippen LogP contribution in [0.4, 0.5) is 18.3 Å². The number of nitrogens with two attached hydrogens (primary N) is 1. The molecule has 1 aromatic heterocycles. The highest BCUT2D eigenvalue weighted by atomic mass is 32.1. The maximum absolute atomic E-state index is 13.0. The number of hydrogen-bond acceptors (Lipinski definition) is 6. The maximum Gasteiger partial charge on any atom is 0.573 e. The molecule has 0 spiro atoms. The van der Waals surface area contributed by atoms with Gasteiger partial charge in [-0.1, -0.05) is 24.2 Å². The van der Waals surface area contributed by atoms with Gasteiger partial charge < -0.3 is 21.1 Å².